The molecule has 0 aromatic heterocycles. The Kier molecular flexibility index (Phi) is 2.73. The first-order chi connectivity index (χ1) is 5.50. The molecule has 0 aromatic rings. The van der Waals surface area contributed by atoms with Crippen molar-refractivity contribution in [2.45, 2.75) is 33.2 Å². The predicted molar refractivity (Wildman–Crippen MR) is 46.8 cm³/mol. The van der Waals surface area contributed by atoms with Gasteiger partial charge in [0.2, 0.25) is 5.91 Å². The number of rotatable bonds is 1. The van der Waals surface area contributed by atoms with E-state index in [0.29, 0.717) is 6.61 Å². The number of carbonyl (C=O) groups is 1. The summed E-state index contributed by atoms with van der Waals surface area (Å²) < 4.78 is 5.16. The lowest BCUT2D eigenvalue weighted by Crippen LogP contribution is -2.41. The summed E-state index contributed by atoms with van der Waals surface area (Å²) in [6.07, 6.45) is 0.946. The highest BCUT2D eigenvalue weighted by atomic mass is 16.5. The molecule has 70 valence electrons. The molecule has 1 rings (SSSR count). The standard InChI is InChI=1S/C9H17NO2/c1-9(2,3)8(11)10-7-4-5-12-6-7/h7H,4-6H2,1-3H3,(H,10,11). The van der Waals surface area contributed by atoms with Crippen LogP contribution in [-0.2, 0) is 9.53 Å². The monoisotopic (exact) mass is 171 g/mol. The second-order valence-electron chi connectivity index (χ2n) is 4.28. The third kappa shape index (κ3) is 2.48. The molecule has 0 spiro atoms. The lowest BCUT2D eigenvalue weighted by atomic mass is 9.95. The van der Waals surface area contributed by atoms with E-state index in [9.17, 15) is 4.79 Å². The molecule has 1 heterocycles. The van der Waals surface area contributed by atoms with Gasteiger partial charge in [0.1, 0.15) is 0 Å². The molecule has 1 N–H and O–H groups in total. The smallest absolute Gasteiger partial charge is 0.225 e. The molecular weight excluding hydrogens is 154 g/mol. The van der Waals surface area contributed by atoms with Crippen LogP contribution in [0.4, 0.5) is 0 Å². The van der Waals surface area contributed by atoms with Crippen molar-refractivity contribution in [2.24, 2.45) is 5.41 Å². The summed E-state index contributed by atoms with van der Waals surface area (Å²) in [6.45, 7) is 7.19. The normalized spacial score (nSPS) is 24.1. The highest BCUT2D eigenvalue weighted by Gasteiger charge is 2.25. The summed E-state index contributed by atoms with van der Waals surface area (Å²) in [4.78, 5) is 11.5. The van der Waals surface area contributed by atoms with E-state index in [2.05, 4.69) is 5.32 Å². The van der Waals surface area contributed by atoms with E-state index >= 15 is 0 Å². The summed E-state index contributed by atoms with van der Waals surface area (Å²) in [5.41, 5.74) is -0.289. The van der Waals surface area contributed by atoms with E-state index in [-0.39, 0.29) is 17.4 Å². The molecule has 1 aliphatic heterocycles. The molecule has 3 nitrogen and oxygen atoms in total. The Morgan fingerprint density at radius 2 is 2.17 bits per heavy atom. The van der Waals surface area contributed by atoms with Crippen molar-refractivity contribution in [1.29, 1.82) is 0 Å². The minimum Gasteiger partial charge on any atom is -0.379 e. The predicted octanol–water partition coefficient (Wildman–Crippen LogP) is 0.938. The van der Waals surface area contributed by atoms with Gasteiger partial charge in [0.05, 0.1) is 12.6 Å². The van der Waals surface area contributed by atoms with E-state index < -0.39 is 0 Å². The Balaban J connectivity index is 2.35. The number of ether oxygens (including phenoxy) is 1. The van der Waals surface area contributed by atoms with Crippen molar-refractivity contribution in [3.63, 3.8) is 0 Å². The summed E-state index contributed by atoms with van der Waals surface area (Å²) in [5, 5.41) is 2.95. The first-order valence-electron chi connectivity index (χ1n) is 4.39. The number of hydrogen-bond donors (Lipinski definition) is 1. The number of hydrogen-bond acceptors (Lipinski definition) is 2. The van der Waals surface area contributed by atoms with Crippen LogP contribution in [0.15, 0.2) is 0 Å². The number of nitrogens with one attached hydrogen (secondary N) is 1. The van der Waals surface area contributed by atoms with Gasteiger partial charge >= 0.3 is 0 Å². The third-order valence-corrected chi connectivity index (χ3v) is 1.95. The SMILES string of the molecule is CC(C)(C)C(=O)NC1CCOC1. The van der Waals surface area contributed by atoms with Gasteiger partial charge in [-0.25, -0.2) is 0 Å². The van der Waals surface area contributed by atoms with Crippen LogP contribution in [0.2, 0.25) is 0 Å². The zero-order chi connectivity index (χ0) is 9.19. The van der Waals surface area contributed by atoms with Gasteiger partial charge in [0.15, 0.2) is 0 Å². The molecule has 1 unspecified atom stereocenters. The van der Waals surface area contributed by atoms with Gasteiger partial charge in [-0.3, -0.25) is 4.79 Å². The Hall–Kier alpha value is -0.570. The summed E-state index contributed by atoms with van der Waals surface area (Å²) in [7, 11) is 0. The quantitative estimate of drug-likeness (QED) is 0.637. The van der Waals surface area contributed by atoms with Crippen molar-refractivity contribution in [2.75, 3.05) is 13.2 Å². The molecule has 0 aliphatic carbocycles. The van der Waals surface area contributed by atoms with Crippen LogP contribution in [0, 0.1) is 5.41 Å². The third-order valence-electron chi connectivity index (χ3n) is 1.95. The molecule has 1 aliphatic rings. The van der Waals surface area contributed by atoms with Crippen molar-refractivity contribution in [3.8, 4) is 0 Å². The van der Waals surface area contributed by atoms with E-state index in [1.807, 2.05) is 20.8 Å². The molecule has 12 heavy (non-hydrogen) atoms. The van der Waals surface area contributed by atoms with Gasteiger partial charge < -0.3 is 10.1 Å². The van der Waals surface area contributed by atoms with Crippen LogP contribution >= 0.6 is 0 Å². The van der Waals surface area contributed by atoms with E-state index in [1.54, 1.807) is 0 Å². The van der Waals surface area contributed by atoms with Gasteiger partial charge in [-0.05, 0) is 6.42 Å². The lowest BCUT2D eigenvalue weighted by molar-refractivity contribution is -0.129. The van der Waals surface area contributed by atoms with Gasteiger partial charge in [0, 0.05) is 12.0 Å². The minimum atomic E-state index is -0.289. The number of amides is 1. The fourth-order valence-electron chi connectivity index (χ4n) is 1.05. The molecule has 0 radical (unpaired) electrons. The molecule has 1 saturated heterocycles. The topological polar surface area (TPSA) is 38.3 Å². The first kappa shape index (κ1) is 9.52. The van der Waals surface area contributed by atoms with Gasteiger partial charge in [0.25, 0.3) is 0 Å². The summed E-state index contributed by atoms with van der Waals surface area (Å²) in [5.74, 6) is 0.109. The average Bonchev–Trinajstić information content (AvgIpc) is 2.37. The average molecular weight is 171 g/mol. The Bertz CT molecular complexity index is 166. The second-order valence-corrected chi connectivity index (χ2v) is 4.28. The molecule has 3 heteroatoms. The lowest BCUT2D eigenvalue weighted by Gasteiger charge is -2.20. The maximum atomic E-state index is 11.5. The zero-order valence-corrected chi connectivity index (χ0v) is 8.02. The highest BCUT2D eigenvalue weighted by molar-refractivity contribution is 5.81. The van der Waals surface area contributed by atoms with Crippen molar-refractivity contribution >= 4 is 5.91 Å². The molecule has 0 saturated carbocycles. The van der Waals surface area contributed by atoms with Gasteiger partial charge in [-0.2, -0.15) is 0 Å². The van der Waals surface area contributed by atoms with Crippen LogP contribution in [0.1, 0.15) is 27.2 Å². The van der Waals surface area contributed by atoms with Crippen LogP contribution in [0.5, 0.6) is 0 Å². The van der Waals surface area contributed by atoms with Crippen molar-refractivity contribution in [1.82, 2.24) is 5.32 Å². The van der Waals surface area contributed by atoms with Gasteiger partial charge in [-0.15, -0.1) is 0 Å². The van der Waals surface area contributed by atoms with E-state index in [4.69, 9.17) is 4.74 Å². The molecule has 0 aromatic carbocycles. The molecule has 1 amide bonds. The fraction of sp³-hybridized carbons (Fsp3) is 0.889. The summed E-state index contributed by atoms with van der Waals surface area (Å²) >= 11 is 0. The molecule has 1 fully saturated rings. The van der Waals surface area contributed by atoms with Crippen LogP contribution in [0.3, 0.4) is 0 Å². The van der Waals surface area contributed by atoms with E-state index in [1.165, 1.54) is 0 Å². The van der Waals surface area contributed by atoms with Gasteiger partial charge in [-0.1, -0.05) is 20.8 Å². The molecule has 1 atom stereocenters. The second kappa shape index (κ2) is 3.44. The van der Waals surface area contributed by atoms with Crippen molar-refractivity contribution < 1.29 is 9.53 Å². The van der Waals surface area contributed by atoms with Crippen LogP contribution in [-0.4, -0.2) is 25.2 Å². The van der Waals surface area contributed by atoms with Crippen LogP contribution in [0.25, 0.3) is 0 Å². The Morgan fingerprint density at radius 3 is 2.58 bits per heavy atom. The highest BCUT2D eigenvalue weighted by Crippen LogP contribution is 2.14. The first-order valence-corrected chi connectivity index (χ1v) is 4.39. The maximum Gasteiger partial charge on any atom is 0.225 e. The minimum absolute atomic E-state index is 0.109. The summed E-state index contributed by atoms with van der Waals surface area (Å²) in [6, 6.07) is 0.233. The van der Waals surface area contributed by atoms with Crippen LogP contribution < -0.4 is 5.32 Å². The molecular formula is C9H17NO2. The van der Waals surface area contributed by atoms with E-state index in [0.717, 1.165) is 13.0 Å². The zero-order valence-electron chi connectivity index (χ0n) is 8.02. The Labute approximate surface area is 73.5 Å². The maximum absolute atomic E-state index is 11.5. The molecule has 0 bridgehead atoms. The Morgan fingerprint density at radius 1 is 1.50 bits per heavy atom. The largest absolute Gasteiger partial charge is 0.379 e. The fourth-order valence-corrected chi connectivity index (χ4v) is 1.05. The van der Waals surface area contributed by atoms with Crippen molar-refractivity contribution in [3.05, 3.63) is 0 Å². The number of carbonyl (C=O) groups excluding carboxylic acids is 1.